The zero-order valence-electron chi connectivity index (χ0n) is 9.80. The largest absolute Gasteiger partial charge is 0.382 e. The first-order valence-electron chi connectivity index (χ1n) is 5.72. The molecule has 0 aliphatic rings. The van der Waals surface area contributed by atoms with Crippen LogP contribution in [-0.2, 0) is 6.54 Å². The number of hydrogen-bond donors (Lipinski definition) is 3. The summed E-state index contributed by atoms with van der Waals surface area (Å²) in [6.45, 7) is 1.10. The van der Waals surface area contributed by atoms with Gasteiger partial charge in [-0.25, -0.2) is 9.97 Å². The Morgan fingerprint density at radius 3 is 2.67 bits per heavy atom. The normalized spacial score (nSPS) is 11.4. The summed E-state index contributed by atoms with van der Waals surface area (Å²) in [5, 5.41) is 0.986. The Kier molecular flexibility index (Phi) is 2.31. The molecule has 0 saturated carbocycles. The van der Waals surface area contributed by atoms with Gasteiger partial charge in [0.15, 0.2) is 5.82 Å². The first-order valence-corrected chi connectivity index (χ1v) is 5.72. The average Bonchev–Trinajstić information content (AvgIpc) is 2.69. The van der Waals surface area contributed by atoms with E-state index >= 15 is 0 Å². The van der Waals surface area contributed by atoms with Crippen molar-refractivity contribution >= 4 is 33.7 Å². The maximum Gasteiger partial charge on any atom is 0.201 e. The van der Waals surface area contributed by atoms with Crippen LogP contribution in [0.25, 0.3) is 21.9 Å². The van der Waals surface area contributed by atoms with E-state index < -0.39 is 0 Å². The molecule has 1 aromatic carbocycles. The summed E-state index contributed by atoms with van der Waals surface area (Å²) >= 11 is 0. The Morgan fingerprint density at radius 1 is 1.11 bits per heavy atom. The standard InChI is InChI=1S/C12H14N6/c13-5-6-18-10-7-3-1-2-4-8(7)16-11(14)9(10)17-12(18)15/h1-4H,5-6,13H2,(H2,14,16)(H2,15,17). The molecule has 0 saturated heterocycles. The highest BCUT2D eigenvalue weighted by atomic mass is 15.2. The second-order valence-corrected chi connectivity index (χ2v) is 4.12. The zero-order valence-corrected chi connectivity index (χ0v) is 9.80. The van der Waals surface area contributed by atoms with Crippen molar-refractivity contribution in [3.63, 3.8) is 0 Å². The van der Waals surface area contributed by atoms with Crippen molar-refractivity contribution in [1.82, 2.24) is 14.5 Å². The number of hydrogen-bond acceptors (Lipinski definition) is 5. The minimum absolute atomic E-state index is 0.395. The SMILES string of the molecule is NCCn1c(N)nc2c(N)nc3ccccc3c21. The maximum absolute atomic E-state index is 5.93. The van der Waals surface area contributed by atoms with Crippen LogP contribution in [0.4, 0.5) is 11.8 Å². The lowest BCUT2D eigenvalue weighted by Gasteiger charge is -2.07. The Hall–Kier alpha value is -2.34. The number of benzene rings is 1. The lowest BCUT2D eigenvalue weighted by molar-refractivity contribution is 0.740. The summed E-state index contributed by atoms with van der Waals surface area (Å²) in [5.74, 6) is 0.812. The lowest BCUT2D eigenvalue weighted by atomic mass is 10.2. The Labute approximate surface area is 103 Å². The van der Waals surface area contributed by atoms with Crippen LogP contribution in [0, 0.1) is 0 Å². The highest BCUT2D eigenvalue weighted by Crippen LogP contribution is 2.29. The first kappa shape index (κ1) is 10.8. The molecule has 3 aromatic rings. The van der Waals surface area contributed by atoms with E-state index in [0.29, 0.717) is 30.4 Å². The fraction of sp³-hybridized carbons (Fsp3) is 0.167. The monoisotopic (exact) mass is 242 g/mol. The molecule has 0 radical (unpaired) electrons. The molecule has 6 nitrogen and oxygen atoms in total. The van der Waals surface area contributed by atoms with Gasteiger partial charge in [-0.05, 0) is 6.07 Å². The van der Waals surface area contributed by atoms with Crippen molar-refractivity contribution in [2.24, 2.45) is 5.73 Å². The Bertz CT molecular complexity index is 730. The van der Waals surface area contributed by atoms with Crippen molar-refractivity contribution in [2.75, 3.05) is 18.0 Å². The highest BCUT2D eigenvalue weighted by molar-refractivity contribution is 6.07. The molecule has 6 heteroatoms. The molecule has 2 heterocycles. The number of fused-ring (bicyclic) bond motifs is 3. The van der Waals surface area contributed by atoms with E-state index in [1.165, 1.54) is 0 Å². The number of para-hydroxylation sites is 1. The molecular formula is C12H14N6. The smallest absolute Gasteiger partial charge is 0.201 e. The van der Waals surface area contributed by atoms with Crippen molar-refractivity contribution in [3.05, 3.63) is 24.3 Å². The third kappa shape index (κ3) is 1.39. The van der Waals surface area contributed by atoms with Gasteiger partial charge in [0.05, 0.1) is 11.0 Å². The topological polar surface area (TPSA) is 109 Å². The van der Waals surface area contributed by atoms with Gasteiger partial charge >= 0.3 is 0 Å². The van der Waals surface area contributed by atoms with Crippen LogP contribution in [0.5, 0.6) is 0 Å². The summed E-state index contributed by atoms with van der Waals surface area (Å²) in [7, 11) is 0. The molecule has 0 aliphatic carbocycles. The van der Waals surface area contributed by atoms with Gasteiger partial charge < -0.3 is 21.8 Å². The molecule has 6 N–H and O–H groups in total. The average molecular weight is 242 g/mol. The highest BCUT2D eigenvalue weighted by Gasteiger charge is 2.14. The molecular weight excluding hydrogens is 228 g/mol. The van der Waals surface area contributed by atoms with E-state index in [2.05, 4.69) is 9.97 Å². The number of nitrogens with zero attached hydrogens (tertiary/aromatic N) is 3. The number of aromatic nitrogens is 3. The maximum atomic E-state index is 5.93. The van der Waals surface area contributed by atoms with Gasteiger partial charge in [0.25, 0.3) is 0 Å². The molecule has 18 heavy (non-hydrogen) atoms. The number of imidazole rings is 1. The van der Waals surface area contributed by atoms with Gasteiger partial charge in [0.2, 0.25) is 5.95 Å². The minimum Gasteiger partial charge on any atom is -0.382 e. The van der Waals surface area contributed by atoms with Gasteiger partial charge in [-0.3, -0.25) is 0 Å². The molecule has 0 spiro atoms. The number of nitrogen functional groups attached to an aromatic ring is 2. The van der Waals surface area contributed by atoms with Gasteiger partial charge in [0, 0.05) is 18.5 Å². The lowest BCUT2D eigenvalue weighted by Crippen LogP contribution is -2.12. The van der Waals surface area contributed by atoms with E-state index in [9.17, 15) is 0 Å². The summed E-state index contributed by atoms with van der Waals surface area (Å²) in [5.41, 5.74) is 19.8. The molecule has 0 bridgehead atoms. The molecule has 3 rings (SSSR count). The summed E-state index contributed by atoms with van der Waals surface area (Å²) in [6, 6.07) is 7.78. The second kappa shape index (κ2) is 3.85. The van der Waals surface area contributed by atoms with Crippen LogP contribution in [0.1, 0.15) is 0 Å². The van der Waals surface area contributed by atoms with Gasteiger partial charge in [-0.2, -0.15) is 0 Å². The number of rotatable bonds is 2. The predicted molar refractivity (Wildman–Crippen MR) is 72.9 cm³/mol. The summed E-state index contributed by atoms with van der Waals surface area (Å²) in [4.78, 5) is 8.61. The molecule has 2 aromatic heterocycles. The van der Waals surface area contributed by atoms with Gasteiger partial charge in [-0.1, -0.05) is 18.2 Å². The quantitative estimate of drug-likeness (QED) is 0.613. The minimum atomic E-state index is 0.395. The van der Waals surface area contributed by atoms with E-state index in [-0.39, 0.29) is 0 Å². The molecule has 0 atom stereocenters. The van der Waals surface area contributed by atoms with E-state index in [1.807, 2.05) is 28.8 Å². The summed E-state index contributed by atoms with van der Waals surface area (Å²) in [6.07, 6.45) is 0. The van der Waals surface area contributed by atoms with E-state index in [1.54, 1.807) is 0 Å². The Balaban J connectivity index is 2.51. The van der Waals surface area contributed by atoms with Crippen LogP contribution >= 0.6 is 0 Å². The van der Waals surface area contributed by atoms with Crippen LogP contribution in [-0.4, -0.2) is 21.1 Å². The van der Waals surface area contributed by atoms with Crippen LogP contribution in [0.3, 0.4) is 0 Å². The van der Waals surface area contributed by atoms with Gasteiger partial charge in [-0.15, -0.1) is 0 Å². The number of pyridine rings is 1. The molecule has 0 unspecified atom stereocenters. The molecule has 0 amide bonds. The number of nitrogens with two attached hydrogens (primary N) is 3. The summed E-state index contributed by atoms with van der Waals surface area (Å²) < 4.78 is 1.88. The van der Waals surface area contributed by atoms with E-state index in [4.69, 9.17) is 17.2 Å². The van der Waals surface area contributed by atoms with Crippen LogP contribution in [0.2, 0.25) is 0 Å². The molecule has 92 valence electrons. The third-order valence-electron chi connectivity index (χ3n) is 2.99. The first-order chi connectivity index (χ1) is 8.72. The van der Waals surface area contributed by atoms with Crippen molar-refractivity contribution < 1.29 is 0 Å². The zero-order chi connectivity index (χ0) is 12.7. The molecule has 0 aliphatic heterocycles. The fourth-order valence-corrected chi connectivity index (χ4v) is 2.23. The van der Waals surface area contributed by atoms with Crippen LogP contribution in [0.15, 0.2) is 24.3 Å². The Morgan fingerprint density at radius 2 is 1.89 bits per heavy atom. The van der Waals surface area contributed by atoms with Crippen LogP contribution < -0.4 is 17.2 Å². The fourth-order valence-electron chi connectivity index (χ4n) is 2.23. The molecule has 0 fully saturated rings. The van der Waals surface area contributed by atoms with Crippen molar-refractivity contribution in [3.8, 4) is 0 Å². The third-order valence-corrected chi connectivity index (χ3v) is 2.99. The second-order valence-electron chi connectivity index (χ2n) is 4.12. The predicted octanol–water partition coefficient (Wildman–Crippen LogP) is 0.708. The van der Waals surface area contributed by atoms with Crippen molar-refractivity contribution in [1.29, 1.82) is 0 Å². The van der Waals surface area contributed by atoms with Gasteiger partial charge in [0.1, 0.15) is 5.52 Å². The number of anilines is 2. The van der Waals surface area contributed by atoms with Crippen molar-refractivity contribution in [2.45, 2.75) is 6.54 Å². The van der Waals surface area contributed by atoms with E-state index in [0.717, 1.165) is 16.4 Å².